The fourth-order valence-corrected chi connectivity index (χ4v) is 4.85. The van der Waals surface area contributed by atoms with E-state index in [1.54, 1.807) is 43.3 Å². The summed E-state index contributed by atoms with van der Waals surface area (Å²) in [4.78, 5) is 12.9. The van der Waals surface area contributed by atoms with Gasteiger partial charge in [0.2, 0.25) is 20.0 Å². The lowest BCUT2D eigenvalue weighted by Crippen LogP contribution is -2.27. The number of carbonyl (C=O) groups excluding carboxylic acids is 1. The summed E-state index contributed by atoms with van der Waals surface area (Å²) in [6.45, 7) is 2.15. The number of primary sulfonamides is 1. The number of anilines is 1. The molecule has 0 heterocycles. The predicted molar refractivity (Wildman–Crippen MR) is 128 cm³/mol. The van der Waals surface area contributed by atoms with Gasteiger partial charge in [-0.3, -0.25) is 4.79 Å². The van der Waals surface area contributed by atoms with E-state index >= 15 is 0 Å². The van der Waals surface area contributed by atoms with E-state index in [1.807, 2.05) is 0 Å². The fraction of sp³-hybridized carbons (Fsp3) is 0.174. The number of ether oxygens (including phenoxy) is 1. The van der Waals surface area contributed by atoms with Crippen LogP contribution in [0.15, 0.2) is 82.6 Å². The maximum atomic E-state index is 12.9. The van der Waals surface area contributed by atoms with Crippen molar-refractivity contribution in [3.8, 4) is 5.75 Å². The molecule has 0 atom stereocenters. The SMILES string of the molecule is CCOc1ccc(C(=O)Nc2ccc(S(N)(=O)=O)cc2)cc1CN(C)S(=O)(=O)c1ccccc1. The number of sulfonamides is 2. The Balaban J connectivity index is 1.84. The van der Waals surface area contributed by atoms with Crippen LogP contribution in [0, 0.1) is 0 Å². The average molecular weight is 504 g/mol. The molecule has 0 saturated carbocycles. The third-order valence-corrected chi connectivity index (χ3v) is 7.65. The van der Waals surface area contributed by atoms with E-state index < -0.39 is 26.0 Å². The molecule has 0 spiro atoms. The molecule has 0 bridgehead atoms. The minimum absolute atomic E-state index is 0.0171. The molecule has 1 amide bonds. The van der Waals surface area contributed by atoms with Crippen molar-refractivity contribution in [3.05, 3.63) is 83.9 Å². The van der Waals surface area contributed by atoms with Crippen LogP contribution in [0.5, 0.6) is 5.75 Å². The first-order valence-electron chi connectivity index (χ1n) is 10.2. The number of amides is 1. The highest BCUT2D eigenvalue weighted by Gasteiger charge is 2.22. The third kappa shape index (κ3) is 6.00. The monoisotopic (exact) mass is 503 g/mol. The molecule has 0 radical (unpaired) electrons. The van der Waals surface area contributed by atoms with Crippen LogP contribution in [0.3, 0.4) is 0 Å². The third-order valence-electron chi connectivity index (χ3n) is 4.91. The first-order valence-corrected chi connectivity index (χ1v) is 13.2. The van der Waals surface area contributed by atoms with Gasteiger partial charge < -0.3 is 10.1 Å². The van der Waals surface area contributed by atoms with E-state index in [4.69, 9.17) is 9.88 Å². The zero-order chi connectivity index (χ0) is 24.9. The molecule has 0 aliphatic carbocycles. The number of carbonyl (C=O) groups is 1. The Bertz CT molecular complexity index is 1370. The van der Waals surface area contributed by atoms with Crippen molar-refractivity contribution in [1.29, 1.82) is 0 Å². The molecule has 0 unspecified atom stereocenters. The van der Waals surface area contributed by atoms with Gasteiger partial charge in [-0.25, -0.2) is 22.0 Å². The average Bonchev–Trinajstić information content (AvgIpc) is 2.80. The number of hydrogen-bond acceptors (Lipinski definition) is 6. The second-order valence-electron chi connectivity index (χ2n) is 7.35. The summed E-state index contributed by atoms with van der Waals surface area (Å²) in [7, 11) is -6.13. The molecular formula is C23H25N3O6S2. The molecule has 3 N–H and O–H groups in total. The van der Waals surface area contributed by atoms with Crippen LogP contribution in [-0.4, -0.2) is 40.7 Å². The number of rotatable bonds is 9. The lowest BCUT2D eigenvalue weighted by atomic mass is 10.1. The summed E-state index contributed by atoms with van der Waals surface area (Å²) in [5.74, 6) is 0.00731. The van der Waals surface area contributed by atoms with Crippen LogP contribution in [0.4, 0.5) is 5.69 Å². The quantitative estimate of drug-likeness (QED) is 0.461. The van der Waals surface area contributed by atoms with Crippen LogP contribution in [0.25, 0.3) is 0 Å². The first kappa shape index (κ1) is 25.4. The fourth-order valence-electron chi connectivity index (χ4n) is 3.17. The van der Waals surface area contributed by atoms with Crippen LogP contribution >= 0.6 is 0 Å². The van der Waals surface area contributed by atoms with Crippen molar-refractivity contribution >= 4 is 31.6 Å². The standard InChI is InChI=1S/C23H25N3O6S2/c1-3-32-22-14-9-17(23(27)25-19-10-12-20(13-11-19)33(24,28)29)15-18(22)16-26(2)34(30,31)21-7-5-4-6-8-21/h4-15H,3,16H2,1-2H3,(H,25,27)(H2,24,28,29). The Hall–Kier alpha value is -3.25. The normalized spacial score (nSPS) is 11.9. The molecular weight excluding hydrogens is 478 g/mol. The Morgan fingerprint density at radius 2 is 1.59 bits per heavy atom. The Kier molecular flexibility index (Phi) is 7.72. The molecule has 3 rings (SSSR count). The summed E-state index contributed by atoms with van der Waals surface area (Å²) >= 11 is 0. The Labute approximate surface area is 199 Å². The summed E-state index contributed by atoms with van der Waals surface area (Å²) in [6, 6.07) is 18.2. The smallest absolute Gasteiger partial charge is 0.255 e. The van der Waals surface area contributed by atoms with Gasteiger partial charge in [-0.05, 0) is 61.5 Å². The van der Waals surface area contributed by atoms with Crippen molar-refractivity contribution in [2.45, 2.75) is 23.3 Å². The lowest BCUT2D eigenvalue weighted by Gasteiger charge is -2.20. The van der Waals surface area contributed by atoms with Crippen molar-refractivity contribution in [1.82, 2.24) is 4.31 Å². The topological polar surface area (TPSA) is 136 Å². The second kappa shape index (κ2) is 10.3. The van der Waals surface area contributed by atoms with Gasteiger partial charge in [0.15, 0.2) is 0 Å². The highest BCUT2D eigenvalue weighted by atomic mass is 32.2. The summed E-state index contributed by atoms with van der Waals surface area (Å²) < 4.78 is 55.4. The largest absolute Gasteiger partial charge is 0.494 e. The number of nitrogens with zero attached hydrogens (tertiary/aromatic N) is 1. The Morgan fingerprint density at radius 1 is 0.941 bits per heavy atom. The summed E-state index contributed by atoms with van der Waals surface area (Å²) in [6.07, 6.45) is 0. The van der Waals surface area contributed by atoms with E-state index in [0.29, 0.717) is 23.6 Å². The minimum Gasteiger partial charge on any atom is -0.494 e. The molecule has 0 aliphatic rings. The van der Waals surface area contributed by atoms with E-state index in [2.05, 4.69) is 5.32 Å². The van der Waals surface area contributed by atoms with Gasteiger partial charge in [0, 0.05) is 30.4 Å². The van der Waals surface area contributed by atoms with Crippen LogP contribution in [0.1, 0.15) is 22.8 Å². The molecule has 0 saturated heterocycles. The van der Waals surface area contributed by atoms with E-state index in [-0.39, 0.29) is 21.9 Å². The molecule has 180 valence electrons. The van der Waals surface area contributed by atoms with E-state index in [1.165, 1.54) is 47.8 Å². The number of benzene rings is 3. The molecule has 0 fully saturated rings. The van der Waals surface area contributed by atoms with Crippen LogP contribution in [0.2, 0.25) is 0 Å². The zero-order valence-electron chi connectivity index (χ0n) is 18.6. The number of hydrogen-bond donors (Lipinski definition) is 2. The highest BCUT2D eigenvalue weighted by molar-refractivity contribution is 7.89. The zero-order valence-corrected chi connectivity index (χ0v) is 20.3. The highest BCUT2D eigenvalue weighted by Crippen LogP contribution is 2.25. The molecule has 0 aliphatic heterocycles. The lowest BCUT2D eigenvalue weighted by molar-refractivity contribution is 0.102. The van der Waals surface area contributed by atoms with Crippen molar-refractivity contribution in [2.24, 2.45) is 5.14 Å². The van der Waals surface area contributed by atoms with Crippen LogP contribution in [-0.2, 0) is 26.6 Å². The van der Waals surface area contributed by atoms with Gasteiger partial charge in [-0.1, -0.05) is 18.2 Å². The van der Waals surface area contributed by atoms with Crippen molar-refractivity contribution < 1.29 is 26.4 Å². The van der Waals surface area contributed by atoms with E-state index in [9.17, 15) is 21.6 Å². The van der Waals surface area contributed by atoms with Gasteiger partial charge in [-0.15, -0.1) is 0 Å². The van der Waals surface area contributed by atoms with Gasteiger partial charge in [-0.2, -0.15) is 4.31 Å². The minimum atomic E-state index is -3.84. The number of nitrogens with one attached hydrogen (secondary N) is 1. The van der Waals surface area contributed by atoms with Gasteiger partial charge >= 0.3 is 0 Å². The van der Waals surface area contributed by atoms with Crippen LogP contribution < -0.4 is 15.2 Å². The molecule has 34 heavy (non-hydrogen) atoms. The maximum absolute atomic E-state index is 12.9. The molecule has 3 aromatic rings. The Morgan fingerprint density at radius 3 is 2.18 bits per heavy atom. The molecule has 11 heteroatoms. The van der Waals surface area contributed by atoms with E-state index in [0.717, 1.165) is 0 Å². The summed E-state index contributed by atoms with van der Waals surface area (Å²) in [5, 5.41) is 7.77. The predicted octanol–water partition coefficient (Wildman–Crippen LogP) is 2.81. The summed E-state index contributed by atoms with van der Waals surface area (Å²) in [5.41, 5.74) is 1.16. The van der Waals surface area contributed by atoms with Gasteiger partial charge in [0.25, 0.3) is 5.91 Å². The maximum Gasteiger partial charge on any atom is 0.255 e. The molecule has 3 aromatic carbocycles. The van der Waals surface area contributed by atoms with Crippen molar-refractivity contribution in [2.75, 3.05) is 19.0 Å². The second-order valence-corrected chi connectivity index (χ2v) is 11.0. The molecule has 0 aromatic heterocycles. The number of nitrogens with two attached hydrogens (primary N) is 1. The van der Waals surface area contributed by atoms with Gasteiger partial charge in [0.1, 0.15) is 5.75 Å². The van der Waals surface area contributed by atoms with Gasteiger partial charge in [0.05, 0.1) is 16.4 Å². The first-order chi connectivity index (χ1) is 16.0. The molecule has 9 nitrogen and oxygen atoms in total. The van der Waals surface area contributed by atoms with Crippen molar-refractivity contribution in [3.63, 3.8) is 0 Å².